The Bertz CT molecular complexity index is 560. The van der Waals surface area contributed by atoms with E-state index in [9.17, 15) is 9.90 Å². The molecule has 0 amide bonds. The van der Waals surface area contributed by atoms with Gasteiger partial charge in [-0.05, 0) is 37.5 Å². The molecule has 4 heteroatoms. The highest BCUT2D eigenvalue weighted by Gasteiger charge is 2.07. The third-order valence-electron chi connectivity index (χ3n) is 3.32. The van der Waals surface area contributed by atoms with E-state index in [1.807, 2.05) is 12.1 Å². The van der Waals surface area contributed by atoms with Crippen molar-refractivity contribution in [3.05, 3.63) is 30.0 Å². The first-order valence-corrected chi connectivity index (χ1v) is 7.53. The van der Waals surface area contributed by atoms with Crippen LogP contribution in [0.3, 0.4) is 0 Å². The number of unbranched alkanes of at least 4 members (excludes halogenated alkanes) is 1. The van der Waals surface area contributed by atoms with Crippen LogP contribution in [0.5, 0.6) is 5.75 Å². The van der Waals surface area contributed by atoms with Crippen molar-refractivity contribution in [2.24, 2.45) is 0 Å². The predicted octanol–water partition coefficient (Wildman–Crippen LogP) is 3.89. The quantitative estimate of drug-likeness (QED) is 0.821. The minimum atomic E-state index is 0.353. The van der Waals surface area contributed by atoms with Crippen LogP contribution < -0.4 is 0 Å². The van der Waals surface area contributed by atoms with Crippen LogP contribution in [0, 0.1) is 0 Å². The summed E-state index contributed by atoms with van der Waals surface area (Å²) in [4.78, 5) is 9.18. The number of carbonyl (C=O) groups is 1. The Balaban J connectivity index is 0.000000383. The van der Waals surface area contributed by atoms with E-state index in [0.29, 0.717) is 18.8 Å². The van der Waals surface area contributed by atoms with E-state index in [4.69, 9.17) is 0 Å². The summed E-state index contributed by atoms with van der Waals surface area (Å²) >= 11 is 0. The lowest BCUT2D eigenvalue weighted by Crippen LogP contribution is -1.94. The van der Waals surface area contributed by atoms with Crippen molar-refractivity contribution in [3.8, 4) is 5.75 Å². The van der Waals surface area contributed by atoms with Crippen molar-refractivity contribution in [2.45, 2.75) is 46.6 Å². The normalized spacial score (nSPS) is 10.0. The van der Waals surface area contributed by atoms with Gasteiger partial charge in [0.2, 0.25) is 0 Å². The maximum absolute atomic E-state index is 9.55. The van der Waals surface area contributed by atoms with Crippen LogP contribution in [0.4, 0.5) is 0 Å². The van der Waals surface area contributed by atoms with Gasteiger partial charge >= 0.3 is 0 Å². The average Bonchev–Trinajstić information content (AvgIpc) is 2.83. The largest absolute Gasteiger partial charge is 0.508 e. The third kappa shape index (κ3) is 4.81. The number of ether oxygens (including phenoxy) is 1. The fraction of sp³-hybridized carbons (Fsp3) is 0.471. The van der Waals surface area contributed by atoms with E-state index in [-0.39, 0.29) is 0 Å². The van der Waals surface area contributed by atoms with Crippen molar-refractivity contribution in [2.75, 3.05) is 6.61 Å². The molecule has 0 radical (unpaired) electrons. The van der Waals surface area contributed by atoms with Gasteiger partial charge in [0.15, 0.2) is 0 Å². The standard InChI is InChI=1S/C14H19NO.C3H6O2/c1-3-5-8-15-10-11(4-2)13-7-6-12(16)9-14(13)15;1-2-5-3-4/h6-7,9-10,16H,3-5,8H2,1-2H3;3H,2H2,1H3. The topological polar surface area (TPSA) is 51.5 Å². The number of phenols is 1. The second-order valence-corrected chi connectivity index (χ2v) is 4.81. The number of aryl methyl sites for hydroxylation is 2. The van der Waals surface area contributed by atoms with Crippen LogP contribution >= 0.6 is 0 Å². The van der Waals surface area contributed by atoms with Crippen LogP contribution in [-0.4, -0.2) is 22.8 Å². The second kappa shape index (κ2) is 9.06. The molecule has 116 valence electrons. The highest BCUT2D eigenvalue weighted by molar-refractivity contribution is 5.85. The Morgan fingerprint density at radius 3 is 2.57 bits per heavy atom. The number of aromatic hydroxyl groups is 1. The molecule has 1 aromatic carbocycles. The molecule has 2 rings (SSSR count). The molecule has 0 spiro atoms. The highest BCUT2D eigenvalue weighted by Crippen LogP contribution is 2.26. The number of rotatable bonds is 6. The van der Waals surface area contributed by atoms with Gasteiger partial charge in [0.1, 0.15) is 5.75 Å². The smallest absolute Gasteiger partial charge is 0.293 e. The summed E-state index contributed by atoms with van der Waals surface area (Å²) in [5.74, 6) is 0.353. The maximum Gasteiger partial charge on any atom is 0.293 e. The maximum atomic E-state index is 9.55. The molecule has 0 atom stereocenters. The molecule has 4 nitrogen and oxygen atoms in total. The molecule has 0 bridgehead atoms. The molecular formula is C17H25NO3. The summed E-state index contributed by atoms with van der Waals surface area (Å²) in [6.07, 6.45) is 5.64. The average molecular weight is 291 g/mol. The zero-order chi connectivity index (χ0) is 15.7. The summed E-state index contributed by atoms with van der Waals surface area (Å²) < 4.78 is 6.41. The fourth-order valence-electron chi connectivity index (χ4n) is 2.22. The molecule has 0 saturated carbocycles. The predicted molar refractivity (Wildman–Crippen MR) is 85.6 cm³/mol. The Kier molecular flexibility index (Phi) is 7.37. The van der Waals surface area contributed by atoms with Gasteiger partial charge in [-0.15, -0.1) is 0 Å². The fourth-order valence-corrected chi connectivity index (χ4v) is 2.22. The molecule has 0 aliphatic carbocycles. The molecule has 0 fully saturated rings. The van der Waals surface area contributed by atoms with Gasteiger partial charge in [-0.25, -0.2) is 0 Å². The molecule has 0 unspecified atom stereocenters. The van der Waals surface area contributed by atoms with Crippen molar-refractivity contribution < 1.29 is 14.6 Å². The van der Waals surface area contributed by atoms with Gasteiger partial charge in [0.25, 0.3) is 6.47 Å². The number of fused-ring (bicyclic) bond motifs is 1. The Hall–Kier alpha value is -1.97. The van der Waals surface area contributed by atoms with Crippen LogP contribution in [0.2, 0.25) is 0 Å². The molecule has 0 saturated heterocycles. The monoisotopic (exact) mass is 291 g/mol. The Morgan fingerprint density at radius 1 is 1.29 bits per heavy atom. The van der Waals surface area contributed by atoms with Crippen molar-refractivity contribution in [3.63, 3.8) is 0 Å². The van der Waals surface area contributed by atoms with Crippen molar-refractivity contribution >= 4 is 17.4 Å². The lowest BCUT2D eigenvalue weighted by atomic mass is 10.1. The second-order valence-electron chi connectivity index (χ2n) is 4.81. The lowest BCUT2D eigenvalue weighted by Gasteiger charge is -2.03. The minimum Gasteiger partial charge on any atom is -0.508 e. The number of carbonyl (C=O) groups excluding carboxylic acids is 1. The zero-order valence-electron chi connectivity index (χ0n) is 13.1. The first kappa shape index (κ1) is 17.1. The molecule has 1 N–H and O–H groups in total. The van der Waals surface area contributed by atoms with Crippen LogP contribution in [-0.2, 0) is 22.5 Å². The number of aromatic nitrogens is 1. The van der Waals surface area contributed by atoms with Crippen molar-refractivity contribution in [1.29, 1.82) is 0 Å². The Labute approximate surface area is 126 Å². The van der Waals surface area contributed by atoms with Gasteiger partial charge in [-0.1, -0.05) is 20.3 Å². The van der Waals surface area contributed by atoms with E-state index in [1.54, 1.807) is 13.0 Å². The van der Waals surface area contributed by atoms with Gasteiger partial charge in [0.05, 0.1) is 12.1 Å². The van der Waals surface area contributed by atoms with Gasteiger partial charge in [-0.2, -0.15) is 0 Å². The lowest BCUT2D eigenvalue weighted by molar-refractivity contribution is -0.128. The van der Waals surface area contributed by atoms with Gasteiger partial charge in [-0.3, -0.25) is 4.79 Å². The van der Waals surface area contributed by atoms with E-state index >= 15 is 0 Å². The van der Waals surface area contributed by atoms with E-state index in [0.717, 1.165) is 18.5 Å². The van der Waals surface area contributed by atoms with E-state index in [1.165, 1.54) is 23.8 Å². The molecule has 1 aromatic heterocycles. The van der Waals surface area contributed by atoms with Gasteiger partial charge in [0, 0.05) is 24.2 Å². The van der Waals surface area contributed by atoms with Crippen LogP contribution in [0.25, 0.3) is 10.9 Å². The summed E-state index contributed by atoms with van der Waals surface area (Å²) in [6, 6.07) is 5.65. The molecule has 0 aliphatic rings. The van der Waals surface area contributed by atoms with Crippen molar-refractivity contribution in [1.82, 2.24) is 4.57 Å². The Morgan fingerprint density at radius 2 is 2.05 bits per heavy atom. The SMILES string of the molecule is CCCCn1cc(CC)c2ccc(O)cc21.CCOC=O. The number of hydrogen-bond donors (Lipinski definition) is 1. The third-order valence-corrected chi connectivity index (χ3v) is 3.32. The first-order valence-electron chi connectivity index (χ1n) is 7.53. The van der Waals surface area contributed by atoms with Gasteiger partial charge < -0.3 is 14.4 Å². The summed E-state index contributed by atoms with van der Waals surface area (Å²) in [6.45, 7) is 8.07. The molecule has 21 heavy (non-hydrogen) atoms. The molecule has 2 aromatic rings. The van der Waals surface area contributed by atoms with E-state index < -0.39 is 0 Å². The number of phenolic OH excluding ortho intramolecular Hbond substituents is 1. The molecular weight excluding hydrogens is 266 g/mol. The number of nitrogens with zero attached hydrogens (tertiary/aromatic N) is 1. The van der Waals surface area contributed by atoms with Crippen LogP contribution in [0.1, 0.15) is 39.2 Å². The summed E-state index contributed by atoms with van der Waals surface area (Å²) in [7, 11) is 0. The van der Waals surface area contributed by atoms with E-state index in [2.05, 4.69) is 29.3 Å². The molecule has 0 aliphatic heterocycles. The first-order chi connectivity index (χ1) is 10.2. The minimum absolute atomic E-state index is 0.353. The highest BCUT2D eigenvalue weighted by atomic mass is 16.5. The number of benzene rings is 1. The summed E-state index contributed by atoms with van der Waals surface area (Å²) in [5.41, 5.74) is 2.52. The molecule has 1 heterocycles. The van der Waals surface area contributed by atoms with Crippen LogP contribution in [0.15, 0.2) is 24.4 Å². The summed E-state index contributed by atoms with van der Waals surface area (Å²) in [5, 5.41) is 10.8. The number of hydrogen-bond acceptors (Lipinski definition) is 3. The zero-order valence-corrected chi connectivity index (χ0v) is 13.1.